The topological polar surface area (TPSA) is 113 Å². The van der Waals surface area contributed by atoms with Gasteiger partial charge < -0.3 is 19.9 Å². The number of amides is 1. The summed E-state index contributed by atoms with van der Waals surface area (Å²) in [4.78, 5) is 26.3. The third-order valence-corrected chi connectivity index (χ3v) is 2.14. The van der Waals surface area contributed by atoms with Crippen LogP contribution in [0.15, 0.2) is 4.42 Å². The van der Waals surface area contributed by atoms with Crippen LogP contribution in [0.4, 0.5) is 0 Å². The Morgan fingerprint density at radius 1 is 1.41 bits per heavy atom. The van der Waals surface area contributed by atoms with Gasteiger partial charge in [0.2, 0.25) is 5.76 Å². The van der Waals surface area contributed by atoms with Crippen LogP contribution in [0.3, 0.4) is 0 Å². The summed E-state index contributed by atoms with van der Waals surface area (Å²) >= 11 is 0. The fourth-order valence-electron chi connectivity index (χ4n) is 1.34. The fraction of sp³-hybridized carbons (Fsp3) is 0.500. The first kappa shape index (κ1) is 13.2. The number of carbonyl (C=O) groups is 2. The van der Waals surface area contributed by atoms with E-state index in [1.807, 2.05) is 0 Å². The number of hydrogen-bond donors (Lipinski definition) is 3. The number of carbonyl (C=O) groups excluding carboxylic acids is 1. The molecule has 0 bridgehead atoms. The number of nitrogens with one attached hydrogen (secondary N) is 1. The van der Waals surface area contributed by atoms with Crippen LogP contribution in [-0.4, -0.2) is 39.2 Å². The molecule has 0 saturated heterocycles. The van der Waals surface area contributed by atoms with Crippen LogP contribution in [0.25, 0.3) is 0 Å². The fourth-order valence-corrected chi connectivity index (χ4v) is 1.34. The summed E-state index contributed by atoms with van der Waals surface area (Å²) in [5.41, 5.74) is 0.370. The molecule has 0 radical (unpaired) electrons. The maximum Gasteiger partial charge on any atom is 0.328 e. The van der Waals surface area contributed by atoms with Gasteiger partial charge in [-0.1, -0.05) is 0 Å². The van der Waals surface area contributed by atoms with E-state index in [1.54, 1.807) is 13.8 Å². The average molecular weight is 242 g/mol. The third-order valence-electron chi connectivity index (χ3n) is 2.14. The predicted octanol–water partition coefficient (Wildman–Crippen LogP) is -0.145. The standard InChI is InChI=1S/C10H14N2O5/c1-4-8(17-6(3)11-4)9(14)12-7(5(2)13)10(15)16/h5,7,13H,1-3H3,(H,12,14)(H,15,16). The Hall–Kier alpha value is -1.89. The lowest BCUT2D eigenvalue weighted by atomic mass is 10.2. The molecule has 0 aliphatic heterocycles. The second-order valence-electron chi connectivity index (χ2n) is 3.68. The molecule has 0 aliphatic carbocycles. The van der Waals surface area contributed by atoms with Crippen molar-refractivity contribution in [3.63, 3.8) is 0 Å². The SMILES string of the molecule is Cc1nc(C)c(C(=O)NC(C(=O)O)C(C)O)o1. The molecule has 1 aromatic heterocycles. The number of oxazole rings is 1. The number of aliphatic hydroxyl groups excluding tert-OH is 1. The molecule has 17 heavy (non-hydrogen) atoms. The summed E-state index contributed by atoms with van der Waals surface area (Å²) < 4.78 is 5.04. The zero-order chi connectivity index (χ0) is 13.2. The lowest BCUT2D eigenvalue weighted by molar-refractivity contribution is -0.141. The van der Waals surface area contributed by atoms with Gasteiger partial charge in [-0.25, -0.2) is 9.78 Å². The van der Waals surface area contributed by atoms with Crippen LogP contribution >= 0.6 is 0 Å². The van der Waals surface area contributed by atoms with Gasteiger partial charge in [-0.3, -0.25) is 4.79 Å². The van der Waals surface area contributed by atoms with Crippen molar-refractivity contribution in [3.8, 4) is 0 Å². The lowest BCUT2D eigenvalue weighted by Crippen LogP contribution is -2.47. The van der Waals surface area contributed by atoms with Gasteiger partial charge in [0.05, 0.1) is 11.8 Å². The summed E-state index contributed by atoms with van der Waals surface area (Å²) in [6.45, 7) is 4.42. The molecule has 0 fully saturated rings. The molecule has 0 aromatic carbocycles. The van der Waals surface area contributed by atoms with Gasteiger partial charge in [-0.15, -0.1) is 0 Å². The van der Waals surface area contributed by atoms with E-state index >= 15 is 0 Å². The molecule has 1 amide bonds. The van der Waals surface area contributed by atoms with Gasteiger partial charge in [0, 0.05) is 6.92 Å². The van der Waals surface area contributed by atoms with Crippen LogP contribution in [0.1, 0.15) is 29.1 Å². The quantitative estimate of drug-likeness (QED) is 0.677. The minimum Gasteiger partial charge on any atom is -0.480 e. The second-order valence-corrected chi connectivity index (χ2v) is 3.68. The van der Waals surface area contributed by atoms with Crippen LogP contribution in [0.5, 0.6) is 0 Å². The highest BCUT2D eigenvalue weighted by Gasteiger charge is 2.27. The van der Waals surface area contributed by atoms with E-state index < -0.39 is 24.0 Å². The first-order chi connectivity index (χ1) is 7.82. The van der Waals surface area contributed by atoms with Crippen molar-refractivity contribution in [2.24, 2.45) is 0 Å². The van der Waals surface area contributed by atoms with E-state index in [9.17, 15) is 14.7 Å². The Kier molecular flexibility index (Phi) is 3.84. The molecule has 2 unspecified atom stereocenters. The van der Waals surface area contributed by atoms with Gasteiger partial charge in [-0.05, 0) is 13.8 Å². The summed E-state index contributed by atoms with van der Waals surface area (Å²) in [6, 6.07) is -1.38. The van der Waals surface area contributed by atoms with Gasteiger partial charge in [0.15, 0.2) is 11.9 Å². The van der Waals surface area contributed by atoms with Crippen molar-refractivity contribution in [1.82, 2.24) is 10.3 Å². The van der Waals surface area contributed by atoms with Crippen LogP contribution in [0, 0.1) is 13.8 Å². The number of aryl methyl sites for hydroxylation is 2. The Balaban J connectivity index is 2.85. The summed E-state index contributed by atoms with van der Waals surface area (Å²) in [5.74, 6) is -1.76. The van der Waals surface area contributed by atoms with Gasteiger partial charge in [-0.2, -0.15) is 0 Å². The summed E-state index contributed by atoms with van der Waals surface area (Å²) in [7, 11) is 0. The van der Waals surface area contributed by atoms with E-state index in [-0.39, 0.29) is 5.76 Å². The average Bonchev–Trinajstić information content (AvgIpc) is 2.53. The number of hydrogen-bond acceptors (Lipinski definition) is 5. The van der Waals surface area contributed by atoms with Crippen molar-refractivity contribution >= 4 is 11.9 Å². The molecular weight excluding hydrogens is 228 g/mol. The lowest BCUT2D eigenvalue weighted by Gasteiger charge is -2.16. The predicted molar refractivity (Wildman–Crippen MR) is 56.5 cm³/mol. The Morgan fingerprint density at radius 2 is 2.00 bits per heavy atom. The Morgan fingerprint density at radius 3 is 2.35 bits per heavy atom. The zero-order valence-electron chi connectivity index (χ0n) is 9.72. The second kappa shape index (κ2) is 4.96. The molecule has 7 nitrogen and oxygen atoms in total. The van der Waals surface area contributed by atoms with E-state index in [1.165, 1.54) is 6.92 Å². The van der Waals surface area contributed by atoms with Crippen LogP contribution in [0.2, 0.25) is 0 Å². The number of rotatable bonds is 4. The summed E-state index contributed by atoms with van der Waals surface area (Å²) in [6.07, 6.45) is -1.21. The largest absolute Gasteiger partial charge is 0.480 e. The van der Waals surface area contributed by atoms with Gasteiger partial charge >= 0.3 is 5.97 Å². The molecule has 1 aromatic rings. The number of aromatic nitrogens is 1. The monoisotopic (exact) mass is 242 g/mol. The highest BCUT2D eigenvalue weighted by Crippen LogP contribution is 2.09. The highest BCUT2D eigenvalue weighted by molar-refractivity contribution is 5.95. The molecule has 1 heterocycles. The molecule has 0 aliphatic rings. The van der Waals surface area contributed by atoms with Crippen LogP contribution < -0.4 is 5.32 Å². The molecule has 0 spiro atoms. The molecule has 2 atom stereocenters. The van der Waals surface area contributed by atoms with Crippen molar-refractivity contribution in [3.05, 3.63) is 17.3 Å². The number of aliphatic carboxylic acids is 1. The van der Waals surface area contributed by atoms with Crippen molar-refractivity contribution in [1.29, 1.82) is 0 Å². The zero-order valence-corrected chi connectivity index (χ0v) is 9.72. The number of carboxylic acids is 1. The Bertz CT molecular complexity index is 438. The minimum absolute atomic E-state index is 0.0469. The molecule has 1 rings (SSSR count). The third kappa shape index (κ3) is 3.04. The normalized spacial score (nSPS) is 14.1. The first-order valence-corrected chi connectivity index (χ1v) is 4.98. The van der Waals surface area contributed by atoms with Crippen molar-refractivity contribution in [2.45, 2.75) is 32.9 Å². The molecule has 7 heteroatoms. The Labute approximate surface area is 97.5 Å². The molecule has 0 saturated carbocycles. The maximum atomic E-state index is 11.7. The van der Waals surface area contributed by atoms with E-state index in [2.05, 4.69) is 10.3 Å². The van der Waals surface area contributed by atoms with E-state index in [4.69, 9.17) is 9.52 Å². The highest BCUT2D eigenvalue weighted by atomic mass is 16.4. The number of nitrogens with zero attached hydrogens (tertiary/aromatic N) is 1. The van der Waals surface area contributed by atoms with Gasteiger partial charge in [0.25, 0.3) is 5.91 Å². The molecule has 94 valence electrons. The number of aliphatic hydroxyl groups is 1. The smallest absolute Gasteiger partial charge is 0.328 e. The maximum absolute atomic E-state index is 11.7. The van der Waals surface area contributed by atoms with E-state index in [0.717, 1.165) is 0 Å². The van der Waals surface area contributed by atoms with Crippen molar-refractivity contribution < 1.29 is 24.2 Å². The summed E-state index contributed by atoms with van der Waals surface area (Å²) in [5, 5.41) is 20.2. The van der Waals surface area contributed by atoms with Gasteiger partial charge in [0.1, 0.15) is 0 Å². The minimum atomic E-state index is -1.38. The van der Waals surface area contributed by atoms with E-state index in [0.29, 0.717) is 11.6 Å². The first-order valence-electron chi connectivity index (χ1n) is 4.98. The molecule has 3 N–H and O–H groups in total. The van der Waals surface area contributed by atoms with Crippen molar-refractivity contribution in [2.75, 3.05) is 0 Å². The molecular formula is C10H14N2O5. The van der Waals surface area contributed by atoms with Crippen LogP contribution in [-0.2, 0) is 4.79 Å². The number of carboxylic acid groups (broad SMARTS) is 1.